The number of aliphatic hydroxyl groups is 1. The summed E-state index contributed by atoms with van der Waals surface area (Å²) in [5.41, 5.74) is 0.534. The summed E-state index contributed by atoms with van der Waals surface area (Å²) in [6.07, 6.45) is 4.98. The highest BCUT2D eigenvalue weighted by Gasteiger charge is 2.31. The second kappa shape index (κ2) is 14.3. The maximum Gasteiger partial charge on any atom is 0.271 e. The number of hydrogen-bond acceptors (Lipinski definition) is 8. The highest BCUT2D eigenvalue weighted by Crippen LogP contribution is 2.31. The quantitative estimate of drug-likeness (QED) is 0.426. The van der Waals surface area contributed by atoms with Crippen LogP contribution in [0.3, 0.4) is 0 Å². The number of nitrogens with zero attached hydrogens (tertiary/aromatic N) is 2. The molecule has 2 aliphatic rings. The predicted molar refractivity (Wildman–Crippen MR) is 162 cm³/mol. The topological polar surface area (TPSA) is 108 Å². The van der Waals surface area contributed by atoms with Crippen LogP contribution < -0.4 is 9.46 Å². The second-order valence-electron chi connectivity index (χ2n) is 11.7. The normalized spacial score (nSPS) is 23.9. The molecule has 1 aromatic heterocycles. The maximum absolute atomic E-state index is 14.2. The number of sulfonamides is 1. The molecule has 0 bridgehead atoms. The van der Waals surface area contributed by atoms with Gasteiger partial charge in [-0.25, -0.2) is 8.42 Å². The lowest BCUT2D eigenvalue weighted by molar-refractivity contribution is -0.0172. The molecule has 1 aromatic carbocycles. The van der Waals surface area contributed by atoms with Crippen LogP contribution in [0.25, 0.3) is 0 Å². The van der Waals surface area contributed by atoms with Crippen molar-refractivity contribution >= 4 is 33.0 Å². The van der Waals surface area contributed by atoms with Crippen molar-refractivity contribution in [2.45, 2.75) is 75.3 Å². The summed E-state index contributed by atoms with van der Waals surface area (Å²) in [6, 6.07) is 7.58. The summed E-state index contributed by atoms with van der Waals surface area (Å²) in [5.74, 6) is 0.852. The van der Waals surface area contributed by atoms with E-state index in [1.165, 1.54) is 18.9 Å². The van der Waals surface area contributed by atoms with E-state index in [0.29, 0.717) is 18.9 Å². The summed E-state index contributed by atoms with van der Waals surface area (Å²) < 4.78 is 41.3. The third-order valence-electron chi connectivity index (χ3n) is 7.82. The molecule has 1 aliphatic heterocycles. The van der Waals surface area contributed by atoms with Crippen molar-refractivity contribution in [1.82, 2.24) is 9.80 Å². The highest BCUT2D eigenvalue weighted by molar-refractivity contribution is 7.94. The summed E-state index contributed by atoms with van der Waals surface area (Å²) in [4.78, 5) is 18.2. The molecule has 2 N–H and O–H groups in total. The summed E-state index contributed by atoms with van der Waals surface area (Å²) in [6.45, 7) is 8.53. The lowest BCUT2D eigenvalue weighted by atomic mass is 10.0. The van der Waals surface area contributed by atoms with Gasteiger partial charge in [0.25, 0.3) is 15.9 Å². The third kappa shape index (κ3) is 8.90. The number of benzene rings is 1. The van der Waals surface area contributed by atoms with Crippen LogP contribution in [-0.2, 0) is 14.8 Å². The average molecular weight is 608 g/mol. The Kier molecular flexibility index (Phi) is 11.1. The Hall–Kier alpha value is -2.18. The first-order valence-electron chi connectivity index (χ1n) is 14.7. The molecule has 0 radical (unpaired) electrons. The van der Waals surface area contributed by atoms with E-state index in [4.69, 9.17) is 9.47 Å². The van der Waals surface area contributed by atoms with Crippen LogP contribution in [0.1, 0.15) is 63.2 Å². The van der Waals surface area contributed by atoms with Gasteiger partial charge in [0.05, 0.1) is 30.4 Å². The van der Waals surface area contributed by atoms with Crippen LogP contribution in [0.15, 0.2) is 39.9 Å². The van der Waals surface area contributed by atoms with Crippen LogP contribution in [0.4, 0.5) is 5.69 Å². The van der Waals surface area contributed by atoms with E-state index in [1.807, 2.05) is 13.8 Å². The standard InChI is InChI=1S/C30H45N3O6S2/c1-21-17-33(22(2)20-34)30(35)26-16-25(31-41(36,37)29-9-7-15-40-29)12-13-27(26)39-23(3)8-5-6-14-38-28(21)19-32(4)18-24-10-11-24/h7,9,12-13,15-16,21-24,28,31,34H,5-6,8,10-11,14,17-20H2,1-4H3/t21-,22+,23+,28-/m0/s1. The van der Waals surface area contributed by atoms with E-state index >= 15 is 0 Å². The van der Waals surface area contributed by atoms with Gasteiger partial charge in [0.15, 0.2) is 0 Å². The van der Waals surface area contributed by atoms with E-state index < -0.39 is 16.1 Å². The number of carbonyl (C=O) groups is 1. The van der Waals surface area contributed by atoms with Crippen LogP contribution in [0.2, 0.25) is 0 Å². The number of hydrogen-bond donors (Lipinski definition) is 2. The Morgan fingerprint density at radius 1 is 1.17 bits per heavy atom. The van der Waals surface area contributed by atoms with Crippen LogP contribution >= 0.6 is 11.3 Å². The number of likely N-dealkylation sites (N-methyl/N-ethyl adjacent to an activating group) is 1. The van der Waals surface area contributed by atoms with Gasteiger partial charge in [-0.15, -0.1) is 11.3 Å². The minimum atomic E-state index is -3.80. The summed E-state index contributed by atoms with van der Waals surface area (Å²) >= 11 is 1.12. The molecule has 1 aliphatic carbocycles. The molecule has 2 heterocycles. The Labute approximate surface area is 248 Å². The fourth-order valence-electron chi connectivity index (χ4n) is 5.19. The fourth-order valence-corrected chi connectivity index (χ4v) is 7.24. The summed E-state index contributed by atoms with van der Waals surface area (Å²) in [5, 5.41) is 11.8. The first-order chi connectivity index (χ1) is 19.6. The SMILES string of the molecule is C[C@@H]1CCCCO[C@@H](CN(C)CC2CC2)[C@@H](C)CN([C@H](C)CO)C(=O)c2cc(NS(=O)(=O)c3cccs3)ccc2O1. The Morgan fingerprint density at radius 2 is 1.95 bits per heavy atom. The predicted octanol–water partition coefficient (Wildman–Crippen LogP) is 4.69. The van der Waals surface area contributed by atoms with Gasteiger partial charge < -0.3 is 24.4 Å². The maximum atomic E-state index is 14.2. The molecular weight excluding hydrogens is 562 g/mol. The zero-order chi connectivity index (χ0) is 29.6. The molecular formula is C30H45N3O6S2. The number of fused-ring (bicyclic) bond motifs is 1. The lowest BCUT2D eigenvalue weighted by Gasteiger charge is -2.36. The largest absolute Gasteiger partial charge is 0.490 e. The molecule has 41 heavy (non-hydrogen) atoms. The molecule has 4 rings (SSSR count). The molecule has 1 fully saturated rings. The molecule has 2 aromatic rings. The van der Waals surface area contributed by atoms with Crippen molar-refractivity contribution in [1.29, 1.82) is 0 Å². The average Bonchev–Trinajstić information content (AvgIpc) is 3.55. The molecule has 0 unspecified atom stereocenters. The van der Waals surface area contributed by atoms with Gasteiger partial charge in [0, 0.05) is 37.8 Å². The Morgan fingerprint density at radius 3 is 2.63 bits per heavy atom. The van der Waals surface area contributed by atoms with Crippen molar-refractivity contribution in [3.05, 3.63) is 41.3 Å². The smallest absolute Gasteiger partial charge is 0.271 e. The van der Waals surface area contributed by atoms with Gasteiger partial charge >= 0.3 is 0 Å². The minimum Gasteiger partial charge on any atom is -0.490 e. The number of thiophene rings is 1. The molecule has 11 heteroatoms. The summed E-state index contributed by atoms with van der Waals surface area (Å²) in [7, 11) is -1.67. The van der Waals surface area contributed by atoms with E-state index in [0.717, 1.165) is 49.6 Å². The number of aliphatic hydroxyl groups excluding tert-OH is 1. The number of ether oxygens (including phenoxy) is 2. The van der Waals surface area contributed by atoms with Crippen LogP contribution in [-0.4, -0.2) is 87.4 Å². The van der Waals surface area contributed by atoms with Crippen LogP contribution in [0, 0.1) is 11.8 Å². The van der Waals surface area contributed by atoms with Crippen LogP contribution in [0.5, 0.6) is 5.75 Å². The number of carbonyl (C=O) groups excluding carboxylic acids is 1. The number of rotatable bonds is 9. The van der Waals surface area contributed by atoms with E-state index in [9.17, 15) is 18.3 Å². The third-order valence-corrected chi connectivity index (χ3v) is 10.6. The molecule has 9 nitrogen and oxygen atoms in total. The molecule has 1 saturated carbocycles. The molecule has 1 amide bonds. The van der Waals surface area contributed by atoms with Gasteiger partial charge in [-0.05, 0) is 88.6 Å². The fraction of sp³-hybridized carbons (Fsp3) is 0.633. The van der Waals surface area contributed by atoms with Crippen molar-refractivity contribution in [3.8, 4) is 5.75 Å². The molecule has 0 saturated heterocycles. The zero-order valence-electron chi connectivity index (χ0n) is 24.6. The van der Waals surface area contributed by atoms with E-state index in [1.54, 1.807) is 34.5 Å². The Bertz CT molecular complexity index is 1230. The second-order valence-corrected chi connectivity index (χ2v) is 14.6. The van der Waals surface area contributed by atoms with Gasteiger partial charge in [-0.1, -0.05) is 13.0 Å². The van der Waals surface area contributed by atoms with E-state index in [-0.39, 0.29) is 46.1 Å². The number of nitrogens with one attached hydrogen (secondary N) is 1. The lowest BCUT2D eigenvalue weighted by Crippen LogP contribution is -2.47. The van der Waals surface area contributed by atoms with Gasteiger partial charge in [-0.2, -0.15) is 0 Å². The molecule has 4 atom stereocenters. The minimum absolute atomic E-state index is 0.00125. The zero-order valence-corrected chi connectivity index (χ0v) is 26.3. The van der Waals surface area contributed by atoms with Gasteiger partial charge in [0.1, 0.15) is 9.96 Å². The molecule has 228 valence electrons. The monoisotopic (exact) mass is 607 g/mol. The first kappa shape index (κ1) is 31.7. The first-order valence-corrected chi connectivity index (χ1v) is 17.0. The Balaban J connectivity index is 1.65. The van der Waals surface area contributed by atoms with Gasteiger partial charge in [0.2, 0.25) is 0 Å². The highest BCUT2D eigenvalue weighted by atomic mass is 32.2. The van der Waals surface area contributed by atoms with Crippen molar-refractivity contribution in [2.24, 2.45) is 11.8 Å². The van der Waals surface area contributed by atoms with Gasteiger partial charge in [-0.3, -0.25) is 9.52 Å². The van der Waals surface area contributed by atoms with Crippen molar-refractivity contribution < 1.29 is 27.8 Å². The van der Waals surface area contributed by atoms with Crippen molar-refractivity contribution in [2.75, 3.05) is 44.6 Å². The van der Waals surface area contributed by atoms with Crippen molar-refractivity contribution in [3.63, 3.8) is 0 Å². The number of anilines is 1. The molecule has 0 spiro atoms. The van der Waals surface area contributed by atoms with E-state index in [2.05, 4.69) is 23.6 Å². The number of amides is 1.